The van der Waals surface area contributed by atoms with Crippen molar-refractivity contribution in [2.45, 2.75) is 24.7 Å². The number of nitrogens with one attached hydrogen (secondary N) is 1. The van der Waals surface area contributed by atoms with Crippen molar-refractivity contribution < 1.29 is 9.59 Å². The van der Waals surface area contributed by atoms with E-state index < -0.39 is 0 Å². The minimum Gasteiger partial charge on any atom is -0.350 e. The number of hydrogen-bond acceptors (Lipinski definition) is 4. The van der Waals surface area contributed by atoms with Gasteiger partial charge in [0.15, 0.2) is 0 Å². The van der Waals surface area contributed by atoms with Gasteiger partial charge in [-0.1, -0.05) is 79.3 Å². The molecule has 0 unspecified atom stereocenters. The Bertz CT molecular complexity index is 1090. The van der Waals surface area contributed by atoms with Crippen molar-refractivity contribution in [3.05, 3.63) is 107 Å². The van der Waals surface area contributed by atoms with Crippen LogP contribution in [0.3, 0.4) is 0 Å². The zero-order valence-electron chi connectivity index (χ0n) is 17.4. The Kier molecular flexibility index (Phi) is 6.53. The number of carbonyl (C=O) groups excluding carboxylic acids is 2. The largest absolute Gasteiger partial charge is 0.350 e. The lowest BCUT2D eigenvalue weighted by atomic mass is 10.1. The van der Waals surface area contributed by atoms with Crippen LogP contribution in [-0.2, 0) is 22.4 Å². The number of amides is 2. The number of rotatable bonds is 8. The summed E-state index contributed by atoms with van der Waals surface area (Å²) < 4.78 is 0. The predicted octanol–water partition coefficient (Wildman–Crippen LogP) is 5.28. The lowest BCUT2D eigenvalue weighted by Gasteiger charge is -2.15. The first kappa shape index (κ1) is 20.9. The van der Waals surface area contributed by atoms with Crippen LogP contribution in [0.15, 0.2) is 100 Å². The van der Waals surface area contributed by atoms with Crippen molar-refractivity contribution >= 4 is 29.3 Å². The molecule has 0 aliphatic carbocycles. The maximum Gasteiger partial charge on any atom is 0.278 e. The molecule has 1 N–H and O–H groups in total. The number of carbonyl (C=O) groups is 2. The molecule has 0 radical (unpaired) electrons. The summed E-state index contributed by atoms with van der Waals surface area (Å²) in [5.74, 6) is -0.526. The standard InChI is InChI=1S/C26H24N2O2S/c1-2-19-13-15-21(16-14-19)27-23-24(31-22-11-7-4-8-12-22)26(30)28(25(23)29)18-17-20-9-5-3-6-10-20/h3-16,27H,2,17-18H2,1H3. The van der Waals surface area contributed by atoms with Gasteiger partial charge in [-0.15, -0.1) is 0 Å². The zero-order valence-corrected chi connectivity index (χ0v) is 18.2. The topological polar surface area (TPSA) is 49.4 Å². The summed E-state index contributed by atoms with van der Waals surface area (Å²) in [5, 5.41) is 3.22. The second kappa shape index (κ2) is 9.67. The van der Waals surface area contributed by atoms with Crippen LogP contribution in [-0.4, -0.2) is 23.3 Å². The molecule has 0 bridgehead atoms. The number of hydrogen-bond donors (Lipinski definition) is 1. The third kappa shape index (κ3) is 4.89. The van der Waals surface area contributed by atoms with Crippen LogP contribution in [0.25, 0.3) is 0 Å². The van der Waals surface area contributed by atoms with E-state index in [-0.39, 0.29) is 11.8 Å². The number of imide groups is 1. The molecule has 3 aromatic rings. The second-order valence-electron chi connectivity index (χ2n) is 7.29. The fourth-order valence-corrected chi connectivity index (χ4v) is 4.39. The number of anilines is 1. The van der Waals surface area contributed by atoms with Crippen LogP contribution in [0.1, 0.15) is 18.1 Å². The minimum absolute atomic E-state index is 0.248. The average molecular weight is 429 g/mol. The molecule has 3 aromatic carbocycles. The third-order valence-corrected chi connectivity index (χ3v) is 6.28. The number of aryl methyl sites for hydroxylation is 1. The van der Waals surface area contributed by atoms with Gasteiger partial charge in [-0.25, -0.2) is 0 Å². The summed E-state index contributed by atoms with van der Waals surface area (Å²) in [4.78, 5) is 29.2. The number of nitrogens with zero attached hydrogens (tertiary/aromatic N) is 1. The van der Waals surface area contributed by atoms with Gasteiger partial charge in [0.2, 0.25) is 0 Å². The van der Waals surface area contributed by atoms with Gasteiger partial charge < -0.3 is 5.32 Å². The molecule has 0 fully saturated rings. The Balaban J connectivity index is 1.59. The molecule has 2 amide bonds. The second-order valence-corrected chi connectivity index (χ2v) is 8.38. The molecule has 0 saturated carbocycles. The normalized spacial score (nSPS) is 13.8. The van der Waals surface area contributed by atoms with Crippen LogP contribution in [0.4, 0.5) is 5.69 Å². The van der Waals surface area contributed by atoms with Gasteiger partial charge in [0.25, 0.3) is 11.8 Å². The molecule has 4 rings (SSSR count). The van der Waals surface area contributed by atoms with Crippen molar-refractivity contribution in [2.24, 2.45) is 0 Å². The molecule has 1 aliphatic heterocycles. The molecule has 1 heterocycles. The fraction of sp³-hybridized carbons (Fsp3) is 0.154. The lowest BCUT2D eigenvalue weighted by Crippen LogP contribution is -2.34. The van der Waals surface area contributed by atoms with Crippen molar-refractivity contribution in [3.63, 3.8) is 0 Å². The number of benzene rings is 3. The van der Waals surface area contributed by atoms with E-state index in [0.717, 1.165) is 22.6 Å². The van der Waals surface area contributed by atoms with E-state index >= 15 is 0 Å². The maximum absolute atomic E-state index is 13.2. The van der Waals surface area contributed by atoms with Crippen LogP contribution >= 0.6 is 11.8 Å². The summed E-state index contributed by atoms with van der Waals surface area (Å²) in [6.45, 7) is 2.45. The Labute approximate surface area is 187 Å². The molecule has 0 aromatic heterocycles. The molecule has 1 aliphatic rings. The average Bonchev–Trinajstić information content (AvgIpc) is 3.03. The molecule has 0 saturated heterocycles. The Morgan fingerprint density at radius 2 is 1.42 bits per heavy atom. The first-order valence-electron chi connectivity index (χ1n) is 10.4. The van der Waals surface area contributed by atoms with Crippen LogP contribution in [0, 0.1) is 0 Å². The van der Waals surface area contributed by atoms with E-state index in [1.807, 2.05) is 84.9 Å². The Hall–Kier alpha value is -3.31. The summed E-state index contributed by atoms with van der Waals surface area (Å²) in [6.07, 6.45) is 1.57. The van der Waals surface area contributed by atoms with E-state index in [0.29, 0.717) is 23.6 Å². The van der Waals surface area contributed by atoms with Crippen molar-refractivity contribution in [1.82, 2.24) is 4.90 Å². The van der Waals surface area contributed by atoms with E-state index in [2.05, 4.69) is 12.2 Å². The van der Waals surface area contributed by atoms with Gasteiger partial charge >= 0.3 is 0 Å². The molecule has 0 spiro atoms. The molecule has 5 heteroatoms. The smallest absolute Gasteiger partial charge is 0.278 e. The monoisotopic (exact) mass is 428 g/mol. The molecular formula is C26H24N2O2S. The van der Waals surface area contributed by atoms with Crippen molar-refractivity contribution in [1.29, 1.82) is 0 Å². The van der Waals surface area contributed by atoms with E-state index in [1.54, 1.807) is 0 Å². The molecule has 4 nitrogen and oxygen atoms in total. The minimum atomic E-state index is -0.279. The first-order chi connectivity index (χ1) is 15.2. The van der Waals surface area contributed by atoms with Gasteiger partial charge in [0, 0.05) is 17.1 Å². The fourth-order valence-electron chi connectivity index (χ4n) is 3.42. The highest BCUT2D eigenvalue weighted by Crippen LogP contribution is 2.35. The molecule has 156 valence electrons. The summed E-state index contributed by atoms with van der Waals surface area (Å²) in [6, 6.07) is 27.5. The lowest BCUT2D eigenvalue weighted by molar-refractivity contribution is -0.137. The summed E-state index contributed by atoms with van der Waals surface area (Å²) >= 11 is 1.33. The predicted molar refractivity (Wildman–Crippen MR) is 126 cm³/mol. The zero-order chi connectivity index (χ0) is 21.6. The quantitative estimate of drug-likeness (QED) is 0.496. The highest BCUT2D eigenvalue weighted by atomic mass is 32.2. The molecule has 31 heavy (non-hydrogen) atoms. The van der Waals surface area contributed by atoms with Gasteiger partial charge in [-0.2, -0.15) is 0 Å². The van der Waals surface area contributed by atoms with Crippen LogP contribution in [0.5, 0.6) is 0 Å². The van der Waals surface area contributed by atoms with Crippen molar-refractivity contribution in [2.75, 3.05) is 11.9 Å². The highest BCUT2D eigenvalue weighted by Gasteiger charge is 2.38. The van der Waals surface area contributed by atoms with Crippen LogP contribution in [0.2, 0.25) is 0 Å². The van der Waals surface area contributed by atoms with Crippen molar-refractivity contribution in [3.8, 4) is 0 Å². The van der Waals surface area contributed by atoms with E-state index in [4.69, 9.17) is 0 Å². The summed E-state index contributed by atoms with van der Waals surface area (Å²) in [7, 11) is 0. The highest BCUT2D eigenvalue weighted by molar-refractivity contribution is 8.04. The van der Waals surface area contributed by atoms with Crippen LogP contribution < -0.4 is 5.32 Å². The summed E-state index contributed by atoms with van der Waals surface area (Å²) in [5.41, 5.74) is 3.45. The first-order valence-corrected chi connectivity index (χ1v) is 11.2. The molecule has 0 atom stereocenters. The third-order valence-electron chi connectivity index (χ3n) is 5.19. The Morgan fingerprint density at radius 3 is 2.06 bits per heavy atom. The number of thioether (sulfide) groups is 1. The molecular weight excluding hydrogens is 404 g/mol. The van der Waals surface area contributed by atoms with E-state index in [1.165, 1.54) is 22.2 Å². The van der Waals surface area contributed by atoms with E-state index in [9.17, 15) is 9.59 Å². The van der Waals surface area contributed by atoms with Gasteiger partial charge in [0.05, 0.1) is 0 Å². The van der Waals surface area contributed by atoms with Gasteiger partial charge in [0.1, 0.15) is 10.6 Å². The maximum atomic E-state index is 13.2. The Morgan fingerprint density at radius 1 is 0.774 bits per heavy atom. The van der Waals surface area contributed by atoms with Gasteiger partial charge in [-0.3, -0.25) is 14.5 Å². The van der Waals surface area contributed by atoms with Gasteiger partial charge in [-0.05, 0) is 48.2 Å². The SMILES string of the molecule is CCc1ccc(NC2=C(Sc3ccccc3)C(=O)N(CCc3ccccc3)C2=O)cc1.